The molecule has 1 amide bonds. The van der Waals surface area contributed by atoms with Crippen molar-refractivity contribution in [2.75, 3.05) is 5.75 Å². The number of thioether (sulfide) groups is 1. The van der Waals surface area contributed by atoms with Gasteiger partial charge in [-0.15, -0.1) is 16.4 Å². The molecule has 1 aromatic carbocycles. The summed E-state index contributed by atoms with van der Waals surface area (Å²) in [4.78, 5) is 17.0. The Morgan fingerprint density at radius 1 is 1.25 bits per heavy atom. The summed E-state index contributed by atoms with van der Waals surface area (Å²) in [5, 5.41) is 18.0. The minimum Gasteiger partial charge on any atom is -0.467 e. The van der Waals surface area contributed by atoms with Gasteiger partial charge in [-0.3, -0.25) is 4.79 Å². The quantitative estimate of drug-likeness (QED) is 0.444. The van der Waals surface area contributed by atoms with Gasteiger partial charge < -0.3 is 9.73 Å². The Balaban J connectivity index is 1.40. The number of aromatic nitrogens is 5. The molecule has 4 rings (SSSR count). The molecule has 0 spiro atoms. The number of nitrogens with one attached hydrogen (secondary N) is 1. The van der Waals surface area contributed by atoms with Crippen molar-refractivity contribution in [3.8, 4) is 0 Å². The van der Waals surface area contributed by atoms with Crippen LogP contribution >= 0.6 is 23.1 Å². The van der Waals surface area contributed by atoms with E-state index in [4.69, 9.17) is 4.42 Å². The largest absolute Gasteiger partial charge is 0.467 e. The average molecular weight is 413 g/mol. The van der Waals surface area contributed by atoms with Gasteiger partial charge in [0.25, 0.3) is 0 Å². The summed E-state index contributed by atoms with van der Waals surface area (Å²) >= 11 is 2.78. The minimum atomic E-state index is -0.284. The molecule has 0 bridgehead atoms. The highest BCUT2D eigenvalue weighted by Crippen LogP contribution is 2.24. The number of tetrazole rings is 1. The van der Waals surface area contributed by atoms with Crippen LogP contribution < -0.4 is 5.32 Å². The summed E-state index contributed by atoms with van der Waals surface area (Å²) in [6, 6.07) is 13.2. The summed E-state index contributed by atoms with van der Waals surface area (Å²) in [7, 11) is 0. The van der Waals surface area contributed by atoms with Crippen molar-refractivity contribution < 1.29 is 9.21 Å². The molecule has 0 saturated carbocycles. The molecule has 0 radical (unpaired) electrons. The van der Waals surface area contributed by atoms with Gasteiger partial charge in [0.15, 0.2) is 0 Å². The fourth-order valence-electron chi connectivity index (χ4n) is 2.59. The molecule has 3 heterocycles. The molecule has 1 atom stereocenters. The lowest BCUT2D eigenvalue weighted by molar-refractivity contribution is -0.119. The zero-order valence-electron chi connectivity index (χ0n) is 14.6. The summed E-state index contributed by atoms with van der Waals surface area (Å²) in [6.45, 7) is 0.412. The molecule has 4 aromatic rings. The molecule has 10 heteroatoms. The van der Waals surface area contributed by atoms with Gasteiger partial charge in [-0.2, -0.15) is 0 Å². The summed E-state index contributed by atoms with van der Waals surface area (Å²) in [5.74, 6) is 0.806. The zero-order chi connectivity index (χ0) is 19.2. The lowest BCUT2D eigenvalue weighted by Gasteiger charge is -2.17. The van der Waals surface area contributed by atoms with Crippen molar-refractivity contribution in [1.29, 1.82) is 0 Å². The Morgan fingerprint density at radius 2 is 2.14 bits per heavy atom. The van der Waals surface area contributed by atoms with Gasteiger partial charge in [0.2, 0.25) is 11.1 Å². The monoisotopic (exact) mass is 412 g/mol. The number of benzene rings is 1. The van der Waals surface area contributed by atoms with Crippen LogP contribution in [0.4, 0.5) is 0 Å². The maximum Gasteiger partial charge on any atom is 0.231 e. The molecule has 3 aromatic heterocycles. The number of amides is 1. The van der Waals surface area contributed by atoms with Crippen LogP contribution in [-0.4, -0.2) is 36.9 Å². The molecule has 142 valence electrons. The van der Waals surface area contributed by atoms with E-state index in [0.29, 0.717) is 11.7 Å². The topological polar surface area (TPSA) is 98.7 Å². The first kappa shape index (κ1) is 18.4. The molecule has 8 nitrogen and oxygen atoms in total. The van der Waals surface area contributed by atoms with Crippen molar-refractivity contribution in [3.63, 3.8) is 0 Å². The minimum absolute atomic E-state index is 0.124. The van der Waals surface area contributed by atoms with Gasteiger partial charge in [-0.25, -0.2) is 9.67 Å². The summed E-state index contributed by atoms with van der Waals surface area (Å²) in [5.41, 5.74) is 0.985. The number of thiazole rings is 1. The van der Waals surface area contributed by atoms with Crippen molar-refractivity contribution >= 4 is 29.0 Å². The first-order valence-corrected chi connectivity index (χ1v) is 10.3. The van der Waals surface area contributed by atoms with E-state index in [1.165, 1.54) is 23.1 Å². The highest BCUT2D eigenvalue weighted by molar-refractivity contribution is 7.99. The van der Waals surface area contributed by atoms with Crippen LogP contribution in [-0.2, 0) is 11.3 Å². The third-order valence-corrected chi connectivity index (χ3v) is 5.65. The standard InChI is InChI=1S/C18H16N6O2S2/c25-15(12-28-18-21-22-23-24(18)11-14-7-4-9-26-14)20-16(17-19-8-10-27-17)13-5-2-1-3-6-13/h1-10,16H,11-12H2,(H,20,25). The number of hydrogen-bond donors (Lipinski definition) is 1. The van der Waals surface area contributed by atoms with Gasteiger partial charge in [0, 0.05) is 11.6 Å². The van der Waals surface area contributed by atoms with Crippen LogP contribution in [0.15, 0.2) is 69.9 Å². The van der Waals surface area contributed by atoms with E-state index in [-0.39, 0.29) is 17.7 Å². The number of furan rings is 1. The first-order valence-electron chi connectivity index (χ1n) is 8.44. The molecule has 0 aliphatic rings. The summed E-state index contributed by atoms with van der Waals surface area (Å²) < 4.78 is 6.92. The second-order valence-corrected chi connectivity index (χ2v) is 7.64. The molecule has 0 aliphatic heterocycles. The molecule has 28 heavy (non-hydrogen) atoms. The highest BCUT2D eigenvalue weighted by atomic mass is 32.2. The smallest absolute Gasteiger partial charge is 0.231 e. The Kier molecular flexibility index (Phi) is 5.78. The first-order chi connectivity index (χ1) is 13.8. The fourth-order valence-corrected chi connectivity index (χ4v) is 3.99. The third kappa shape index (κ3) is 4.46. The number of nitrogens with zero attached hydrogens (tertiary/aromatic N) is 5. The van der Waals surface area contributed by atoms with Crippen LogP contribution in [0.3, 0.4) is 0 Å². The van der Waals surface area contributed by atoms with Gasteiger partial charge in [-0.05, 0) is 28.1 Å². The molecule has 1 N–H and O–H groups in total. The van der Waals surface area contributed by atoms with E-state index < -0.39 is 0 Å². The Labute approximate surface area is 169 Å². The number of carbonyl (C=O) groups is 1. The predicted molar refractivity (Wildman–Crippen MR) is 105 cm³/mol. The van der Waals surface area contributed by atoms with Crippen LogP contribution in [0, 0.1) is 0 Å². The van der Waals surface area contributed by atoms with Gasteiger partial charge >= 0.3 is 0 Å². The van der Waals surface area contributed by atoms with Gasteiger partial charge in [0.1, 0.15) is 23.4 Å². The number of hydrogen-bond acceptors (Lipinski definition) is 8. The van der Waals surface area contributed by atoms with Crippen molar-refractivity contribution in [1.82, 2.24) is 30.5 Å². The summed E-state index contributed by atoms with van der Waals surface area (Å²) in [6.07, 6.45) is 3.34. The van der Waals surface area contributed by atoms with Crippen molar-refractivity contribution in [2.45, 2.75) is 17.7 Å². The molecule has 0 saturated heterocycles. The number of rotatable bonds is 8. The van der Waals surface area contributed by atoms with E-state index in [2.05, 4.69) is 25.8 Å². The van der Waals surface area contributed by atoms with Crippen LogP contribution in [0.2, 0.25) is 0 Å². The van der Waals surface area contributed by atoms with Crippen molar-refractivity contribution in [3.05, 3.63) is 76.6 Å². The molecule has 1 unspecified atom stereocenters. The van der Waals surface area contributed by atoms with Crippen molar-refractivity contribution in [2.24, 2.45) is 0 Å². The van der Waals surface area contributed by atoms with Crippen LogP contribution in [0.25, 0.3) is 0 Å². The molecule has 0 aliphatic carbocycles. The second kappa shape index (κ2) is 8.81. The van der Waals surface area contributed by atoms with Gasteiger partial charge in [-0.1, -0.05) is 42.1 Å². The second-order valence-electron chi connectivity index (χ2n) is 5.77. The maximum atomic E-state index is 12.6. The average Bonchev–Trinajstić information content (AvgIpc) is 3.49. The molecular formula is C18H16N6O2S2. The van der Waals surface area contributed by atoms with E-state index in [9.17, 15) is 4.79 Å². The third-order valence-electron chi connectivity index (χ3n) is 3.85. The van der Waals surface area contributed by atoms with E-state index in [1.54, 1.807) is 17.1 Å². The lowest BCUT2D eigenvalue weighted by Crippen LogP contribution is -2.30. The highest BCUT2D eigenvalue weighted by Gasteiger charge is 2.20. The SMILES string of the molecule is O=C(CSc1nnnn1Cc1ccco1)NC(c1ccccc1)c1nccs1. The Bertz CT molecular complexity index is 1000. The predicted octanol–water partition coefficient (Wildman–Crippen LogP) is 2.77. The molecular weight excluding hydrogens is 396 g/mol. The van der Waals surface area contributed by atoms with Crippen LogP contribution in [0.5, 0.6) is 0 Å². The Hall–Kier alpha value is -2.98. The zero-order valence-corrected chi connectivity index (χ0v) is 16.3. The van der Waals surface area contributed by atoms with E-state index in [1.807, 2.05) is 47.8 Å². The number of carbonyl (C=O) groups excluding carboxylic acids is 1. The van der Waals surface area contributed by atoms with Gasteiger partial charge in [0.05, 0.1) is 12.0 Å². The lowest BCUT2D eigenvalue weighted by atomic mass is 10.1. The van der Waals surface area contributed by atoms with E-state index >= 15 is 0 Å². The normalized spacial score (nSPS) is 12.0. The molecule has 0 fully saturated rings. The maximum absolute atomic E-state index is 12.6. The Morgan fingerprint density at radius 3 is 2.89 bits per heavy atom. The van der Waals surface area contributed by atoms with Crippen LogP contribution in [0.1, 0.15) is 22.4 Å². The van der Waals surface area contributed by atoms with E-state index in [0.717, 1.165) is 16.3 Å². The fraction of sp³-hybridized carbons (Fsp3) is 0.167.